The van der Waals surface area contributed by atoms with Gasteiger partial charge < -0.3 is 4.74 Å². The van der Waals surface area contributed by atoms with Crippen LogP contribution >= 0.6 is 15.9 Å². The van der Waals surface area contributed by atoms with E-state index in [9.17, 15) is 31.1 Å². The maximum atomic E-state index is 12.5. The van der Waals surface area contributed by atoms with Gasteiger partial charge in [-0.1, -0.05) is 34.1 Å². The van der Waals surface area contributed by atoms with Crippen molar-refractivity contribution in [2.24, 2.45) is 0 Å². The minimum absolute atomic E-state index is 0.426. The second kappa shape index (κ2) is 5.03. The van der Waals surface area contributed by atoms with E-state index in [4.69, 9.17) is 0 Å². The number of alkyl halides is 7. The second-order valence-corrected chi connectivity index (χ2v) is 4.55. The summed E-state index contributed by atoms with van der Waals surface area (Å²) in [5.74, 6) is -2.93. The first-order valence-electron chi connectivity index (χ1n) is 4.60. The topological polar surface area (TPSA) is 26.3 Å². The molecule has 0 aliphatic carbocycles. The number of carbonyl (C=O) groups is 1. The molecule has 0 aliphatic rings. The lowest BCUT2D eigenvalue weighted by atomic mass is 10.1. The van der Waals surface area contributed by atoms with Gasteiger partial charge in [0.1, 0.15) is 5.75 Å². The summed E-state index contributed by atoms with van der Waals surface area (Å²) < 4.78 is 74.3. The van der Waals surface area contributed by atoms with E-state index in [2.05, 4.69) is 4.74 Å². The standard InChI is InChI=1S/C10H5BrF6O2/c11-8(9(12,13)14,10(15,16)17)7(18)19-6-4-2-1-3-5-6/h1-5H. The highest BCUT2D eigenvalue weighted by Gasteiger charge is 2.75. The Bertz CT molecular complexity index is 439. The SMILES string of the molecule is O=C(Oc1ccccc1)C(Br)(C(F)(F)F)C(F)(F)F. The lowest BCUT2D eigenvalue weighted by molar-refractivity contribution is -0.259. The van der Waals surface area contributed by atoms with Crippen molar-refractivity contribution in [1.82, 2.24) is 0 Å². The highest BCUT2D eigenvalue weighted by Crippen LogP contribution is 2.50. The van der Waals surface area contributed by atoms with E-state index in [0.717, 1.165) is 12.1 Å². The summed E-state index contributed by atoms with van der Waals surface area (Å²) in [4.78, 5) is 11.2. The minimum atomic E-state index is -5.89. The molecule has 0 aliphatic heterocycles. The molecule has 0 spiro atoms. The number of carbonyl (C=O) groups excluding carboxylic acids is 1. The molecule has 0 N–H and O–H groups in total. The predicted molar refractivity (Wildman–Crippen MR) is 55.8 cm³/mol. The zero-order chi connectivity index (χ0) is 14.9. The molecule has 0 bridgehead atoms. The number of ether oxygens (including phenoxy) is 1. The average Bonchev–Trinajstić information content (AvgIpc) is 2.26. The van der Waals surface area contributed by atoms with E-state index in [1.165, 1.54) is 34.1 Å². The lowest BCUT2D eigenvalue weighted by Gasteiger charge is -2.29. The number of halogens is 7. The molecule has 0 saturated heterocycles. The molecule has 0 unspecified atom stereocenters. The van der Waals surface area contributed by atoms with Crippen LogP contribution in [0.3, 0.4) is 0 Å². The van der Waals surface area contributed by atoms with Gasteiger partial charge in [0.2, 0.25) is 0 Å². The van der Waals surface area contributed by atoms with Crippen molar-refractivity contribution in [1.29, 1.82) is 0 Å². The van der Waals surface area contributed by atoms with Gasteiger partial charge in [0.05, 0.1) is 0 Å². The van der Waals surface area contributed by atoms with E-state index in [-0.39, 0.29) is 0 Å². The van der Waals surface area contributed by atoms with Crippen LogP contribution in [0.25, 0.3) is 0 Å². The van der Waals surface area contributed by atoms with E-state index in [1.807, 2.05) is 0 Å². The summed E-state index contributed by atoms with van der Waals surface area (Å²) in [5, 5.41) is 0. The van der Waals surface area contributed by atoms with Gasteiger partial charge >= 0.3 is 22.6 Å². The highest BCUT2D eigenvalue weighted by atomic mass is 79.9. The van der Waals surface area contributed by atoms with Crippen LogP contribution in [0.4, 0.5) is 26.3 Å². The third kappa shape index (κ3) is 3.02. The molecule has 0 fully saturated rings. The maximum absolute atomic E-state index is 12.5. The number of esters is 1. The van der Waals surface area contributed by atoms with Crippen molar-refractivity contribution in [2.45, 2.75) is 16.7 Å². The monoisotopic (exact) mass is 350 g/mol. The lowest BCUT2D eigenvalue weighted by Crippen LogP contribution is -2.59. The van der Waals surface area contributed by atoms with Gasteiger partial charge in [-0.2, -0.15) is 26.3 Å². The Hall–Kier alpha value is -1.25. The predicted octanol–water partition coefficient (Wildman–Crippen LogP) is 3.85. The van der Waals surface area contributed by atoms with Gasteiger partial charge in [-0.05, 0) is 12.1 Å². The smallest absolute Gasteiger partial charge is 0.423 e. The minimum Gasteiger partial charge on any atom is -0.425 e. The summed E-state index contributed by atoms with van der Waals surface area (Å²) in [6.45, 7) is 0. The number of hydrogen-bond donors (Lipinski definition) is 0. The van der Waals surface area contributed by atoms with Gasteiger partial charge in [0, 0.05) is 0 Å². The average molecular weight is 351 g/mol. The molecular weight excluding hydrogens is 346 g/mol. The van der Waals surface area contributed by atoms with Crippen molar-refractivity contribution in [3.05, 3.63) is 30.3 Å². The molecule has 1 aromatic carbocycles. The molecule has 0 heterocycles. The summed E-state index contributed by atoms with van der Waals surface area (Å²) in [5.41, 5.74) is 0. The molecule has 0 atom stereocenters. The van der Waals surface area contributed by atoms with Crippen LogP contribution in [0.15, 0.2) is 30.3 Å². The number of rotatable bonds is 2. The Labute approximate surface area is 111 Å². The molecule has 1 aromatic rings. The van der Waals surface area contributed by atoms with Crippen LogP contribution in [-0.4, -0.2) is 22.6 Å². The third-order valence-corrected chi connectivity index (χ3v) is 3.24. The normalized spacial score (nSPS) is 13.2. The Morgan fingerprint density at radius 2 is 1.37 bits per heavy atom. The number of hydrogen-bond acceptors (Lipinski definition) is 2. The van der Waals surface area contributed by atoms with Crippen LogP contribution < -0.4 is 4.74 Å². The zero-order valence-electron chi connectivity index (χ0n) is 8.85. The fraction of sp³-hybridized carbons (Fsp3) is 0.300. The van der Waals surface area contributed by atoms with Crippen LogP contribution in [0.2, 0.25) is 0 Å². The maximum Gasteiger partial charge on any atom is 0.423 e. The number of para-hydroxylation sites is 1. The Kier molecular flexibility index (Phi) is 4.18. The van der Waals surface area contributed by atoms with Crippen LogP contribution in [0.1, 0.15) is 0 Å². The second-order valence-electron chi connectivity index (χ2n) is 3.36. The van der Waals surface area contributed by atoms with Crippen molar-refractivity contribution < 1.29 is 35.9 Å². The molecule has 9 heteroatoms. The number of benzene rings is 1. The van der Waals surface area contributed by atoms with E-state index >= 15 is 0 Å². The molecule has 0 radical (unpaired) electrons. The highest BCUT2D eigenvalue weighted by molar-refractivity contribution is 9.10. The van der Waals surface area contributed by atoms with Crippen molar-refractivity contribution >= 4 is 21.9 Å². The summed E-state index contributed by atoms with van der Waals surface area (Å²) in [7, 11) is 0. The fourth-order valence-corrected chi connectivity index (χ4v) is 1.14. The molecule has 0 saturated carbocycles. The van der Waals surface area contributed by atoms with E-state index in [1.54, 1.807) is 0 Å². The fourth-order valence-electron chi connectivity index (χ4n) is 1.06. The molecule has 0 amide bonds. The van der Waals surface area contributed by atoms with Crippen molar-refractivity contribution in [3.8, 4) is 5.75 Å². The van der Waals surface area contributed by atoms with Gasteiger partial charge in [0.15, 0.2) is 0 Å². The quantitative estimate of drug-likeness (QED) is 0.350. The summed E-state index contributed by atoms with van der Waals surface area (Å²) >= 11 is 1.42. The van der Waals surface area contributed by atoms with Gasteiger partial charge in [-0.25, -0.2) is 4.79 Å². The van der Waals surface area contributed by atoms with Crippen LogP contribution in [0.5, 0.6) is 5.75 Å². The largest absolute Gasteiger partial charge is 0.425 e. The summed E-state index contributed by atoms with van der Waals surface area (Å²) in [6, 6.07) is 6.14. The Balaban J connectivity index is 3.11. The Morgan fingerprint density at radius 1 is 0.947 bits per heavy atom. The first-order valence-corrected chi connectivity index (χ1v) is 5.39. The molecule has 1 rings (SSSR count). The van der Waals surface area contributed by atoms with Gasteiger partial charge in [0.25, 0.3) is 0 Å². The third-order valence-electron chi connectivity index (χ3n) is 2.02. The van der Waals surface area contributed by atoms with Gasteiger partial charge in [-0.3, -0.25) is 0 Å². The van der Waals surface area contributed by atoms with Crippen LogP contribution in [0, 0.1) is 0 Å². The Morgan fingerprint density at radius 3 is 1.74 bits per heavy atom. The van der Waals surface area contributed by atoms with Crippen molar-refractivity contribution in [2.75, 3.05) is 0 Å². The van der Waals surface area contributed by atoms with Crippen LogP contribution in [-0.2, 0) is 4.79 Å². The summed E-state index contributed by atoms with van der Waals surface area (Å²) in [6.07, 6.45) is -11.8. The molecule has 19 heavy (non-hydrogen) atoms. The zero-order valence-corrected chi connectivity index (χ0v) is 10.4. The first-order chi connectivity index (χ1) is 8.50. The van der Waals surface area contributed by atoms with E-state index in [0.29, 0.717) is 0 Å². The molecule has 0 aromatic heterocycles. The molecular formula is C10H5BrF6O2. The first kappa shape index (κ1) is 15.8. The molecule has 2 nitrogen and oxygen atoms in total. The van der Waals surface area contributed by atoms with E-state index < -0.39 is 28.4 Å². The molecule has 106 valence electrons. The van der Waals surface area contributed by atoms with Crippen molar-refractivity contribution in [3.63, 3.8) is 0 Å². The van der Waals surface area contributed by atoms with Gasteiger partial charge in [-0.15, -0.1) is 0 Å².